The summed E-state index contributed by atoms with van der Waals surface area (Å²) in [5.74, 6) is 1.96. The van der Waals surface area contributed by atoms with Crippen LogP contribution in [-0.4, -0.2) is 17.1 Å². The van der Waals surface area contributed by atoms with E-state index >= 15 is 0 Å². The Morgan fingerprint density at radius 1 is 1.42 bits per heavy atom. The van der Waals surface area contributed by atoms with Crippen molar-refractivity contribution in [1.82, 2.24) is 9.97 Å². The maximum Gasteiger partial charge on any atom is 0.128 e. The minimum absolute atomic E-state index is 0.309. The number of imidazole rings is 1. The van der Waals surface area contributed by atoms with Crippen LogP contribution in [0.5, 0.6) is 5.75 Å². The summed E-state index contributed by atoms with van der Waals surface area (Å²) >= 11 is 6.06. The maximum absolute atomic E-state index is 6.06. The van der Waals surface area contributed by atoms with Crippen molar-refractivity contribution < 1.29 is 4.74 Å². The molecule has 19 heavy (non-hydrogen) atoms. The van der Waals surface area contributed by atoms with Gasteiger partial charge in [0.05, 0.1) is 18.5 Å². The number of nitrogens with one attached hydrogen (secondary N) is 1. The smallest absolute Gasteiger partial charge is 0.128 e. The van der Waals surface area contributed by atoms with Crippen LogP contribution in [0.25, 0.3) is 11.3 Å². The fourth-order valence-corrected chi connectivity index (χ4v) is 2.11. The Balaban J connectivity index is 2.60. The van der Waals surface area contributed by atoms with E-state index in [-0.39, 0.29) is 0 Å². The molecule has 0 saturated carbocycles. The topological polar surface area (TPSA) is 63.9 Å². The molecule has 0 fully saturated rings. The third kappa shape index (κ3) is 2.74. The van der Waals surface area contributed by atoms with Crippen LogP contribution in [-0.2, 0) is 6.54 Å². The highest BCUT2D eigenvalue weighted by atomic mass is 35.5. The first-order chi connectivity index (χ1) is 9.06. The summed E-state index contributed by atoms with van der Waals surface area (Å²) in [5, 5.41) is 0.646. The first-order valence-corrected chi connectivity index (χ1v) is 6.57. The average molecular weight is 280 g/mol. The minimum atomic E-state index is 0.309. The Bertz CT molecular complexity index is 578. The van der Waals surface area contributed by atoms with Gasteiger partial charge in [-0.2, -0.15) is 0 Å². The number of benzene rings is 1. The van der Waals surface area contributed by atoms with E-state index in [1.807, 2.05) is 12.1 Å². The molecule has 0 radical (unpaired) electrons. The molecule has 2 aromatic rings. The number of hydrogen-bond donors (Lipinski definition) is 2. The van der Waals surface area contributed by atoms with Gasteiger partial charge in [-0.1, -0.05) is 25.4 Å². The van der Waals surface area contributed by atoms with Crippen molar-refractivity contribution in [2.45, 2.75) is 26.3 Å². The Labute approximate surface area is 117 Å². The van der Waals surface area contributed by atoms with E-state index in [4.69, 9.17) is 22.1 Å². The summed E-state index contributed by atoms with van der Waals surface area (Å²) in [6.07, 6.45) is 0. The SMILES string of the molecule is COc1ccc(Cl)cc1-c1nc(C(C)C)[nH]c1CN. The predicted molar refractivity (Wildman–Crippen MR) is 77.6 cm³/mol. The Hall–Kier alpha value is -1.52. The number of rotatable bonds is 4. The van der Waals surface area contributed by atoms with Gasteiger partial charge in [0.25, 0.3) is 0 Å². The molecule has 0 bridgehead atoms. The van der Waals surface area contributed by atoms with Crippen molar-refractivity contribution in [2.75, 3.05) is 7.11 Å². The van der Waals surface area contributed by atoms with Crippen molar-refractivity contribution in [3.63, 3.8) is 0 Å². The molecule has 0 aliphatic carbocycles. The average Bonchev–Trinajstić information content (AvgIpc) is 2.82. The summed E-state index contributed by atoms with van der Waals surface area (Å²) in [4.78, 5) is 7.89. The fourth-order valence-electron chi connectivity index (χ4n) is 1.94. The molecule has 0 spiro atoms. The molecule has 0 atom stereocenters. The number of nitrogens with zero attached hydrogens (tertiary/aromatic N) is 1. The fraction of sp³-hybridized carbons (Fsp3) is 0.357. The van der Waals surface area contributed by atoms with Crippen LogP contribution in [0.1, 0.15) is 31.3 Å². The van der Waals surface area contributed by atoms with Crippen molar-refractivity contribution in [1.29, 1.82) is 0 Å². The van der Waals surface area contributed by atoms with Crippen LogP contribution in [0.2, 0.25) is 5.02 Å². The summed E-state index contributed by atoms with van der Waals surface area (Å²) in [7, 11) is 1.63. The first kappa shape index (κ1) is 13.9. The van der Waals surface area contributed by atoms with Gasteiger partial charge < -0.3 is 15.5 Å². The van der Waals surface area contributed by atoms with Crippen molar-refractivity contribution in [2.24, 2.45) is 5.73 Å². The molecule has 0 aliphatic rings. The van der Waals surface area contributed by atoms with Gasteiger partial charge in [0, 0.05) is 23.0 Å². The summed E-state index contributed by atoms with van der Waals surface area (Å²) in [5.41, 5.74) is 8.35. The number of aromatic amines is 1. The molecule has 4 nitrogen and oxygen atoms in total. The third-order valence-electron chi connectivity index (χ3n) is 2.96. The number of aromatic nitrogens is 2. The molecule has 102 valence electrons. The van der Waals surface area contributed by atoms with E-state index in [0.29, 0.717) is 17.5 Å². The second kappa shape index (κ2) is 5.63. The zero-order valence-corrected chi connectivity index (χ0v) is 12.1. The largest absolute Gasteiger partial charge is 0.496 e. The van der Waals surface area contributed by atoms with Crippen molar-refractivity contribution in [3.8, 4) is 17.0 Å². The summed E-state index contributed by atoms with van der Waals surface area (Å²) in [6.45, 7) is 4.56. The lowest BCUT2D eigenvalue weighted by Crippen LogP contribution is -1.99. The third-order valence-corrected chi connectivity index (χ3v) is 3.20. The monoisotopic (exact) mass is 279 g/mol. The van der Waals surface area contributed by atoms with Gasteiger partial charge in [0.2, 0.25) is 0 Å². The number of methoxy groups -OCH3 is 1. The number of H-pyrrole nitrogens is 1. The molecule has 0 saturated heterocycles. The van der Waals surface area contributed by atoms with Gasteiger partial charge in [-0.15, -0.1) is 0 Å². The highest BCUT2D eigenvalue weighted by molar-refractivity contribution is 6.31. The molecule has 5 heteroatoms. The number of halogens is 1. The van der Waals surface area contributed by atoms with Gasteiger partial charge in [-0.3, -0.25) is 0 Å². The molecule has 1 heterocycles. The molecule has 2 rings (SSSR count). The minimum Gasteiger partial charge on any atom is -0.496 e. The van der Waals surface area contributed by atoms with Gasteiger partial charge in [-0.25, -0.2) is 4.98 Å². The lowest BCUT2D eigenvalue weighted by Gasteiger charge is -2.08. The van der Waals surface area contributed by atoms with Crippen LogP contribution in [0.15, 0.2) is 18.2 Å². The lowest BCUT2D eigenvalue weighted by molar-refractivity contribution is 0.416. The molecule has 0 unspecified atom stereocenters. The molecule has 0 aliphatic heterocycles. The molecule has 0 amide bonds. The normalized spacial score (nSPS) is 11.1. The highest BCUT2D eigenvalue weighted by Gasteiger charge is 2.16. The first-order valence-electron chi connectivity index (χ1n) is 6.19. The highest BCUT2D eigenvalue weighted by Crippen LogP contribution is 2.34. The van der Waals surface area contributed by atoms with Crippen LogP contribution >= 0.6 is 11.6 Å². The summed E-state index contributed by atoms with van der Waals surface area (Å²) < 4.78 is 5.37. The lowest BCUT2D eigenvalue weighted by atomic mass is 10.1. The Morgan fingerprint density at radius 2 is 2.16 bits per heavy atom. The molecule has 3 N–H and O–H groups in total. The van der Waals surface area contributed by atoms with E-state index in [9.17, 15) is 0 Å². The van der Waals surface area contributed by atoms with Gasteiger partial charge in [-0.05, 0) is 18.2 Å². The maximum atomic E-state index is 6.06. The predicted octanol–water partition coefficient (Wildman–Crippen LogP) is 3.32. The zero-order valence-electron chi connectivity index (χ0n) is 11.3. The molecule has 1 aromatic carbocycles. The molecule has 1 aromatic heterocycles. The van der Waals surface area contributed by atoms with E-state index in [1.165, 1.54) is 0 Å². The van der Waals surface area contributed by atoms with Crippen LogP contribution in [0.4, 0.5) is 0 Å². The second-order valence-electron chi connectivity index (χ2n) is 4.65. The van der Waals surface area contributed by atoms with Crippen LogP contribution in [0, 0.1) is 0 Å². The Morgan fingerprint density at radius 3 is 2.74 bits per heavy atom. The molecular formula is C14H18ClN3O. The number of nitrogens with two attached hydrogens (primary N) is 1. The number of hydrogen-bond acceptors (Lipinski definition) is 3. The van der Waals surface area contributed by atoms with Crippen LogP contribution in [0.3, 0.4) is 0 Å². The number of ether oxygens (including phenoxy) is 1. The standard InChI is InChI=1S/C14H18ClN3O/c1-8(2)14-17-11(7-16)13(18-14)10-6-9(15)4-5-12(10)19-3/h4-6,8H,7,16H2,1-3H3,(H,17,18). The van der Waals surface area contributed by atoms with E-state index < -0.39 is 0 Å². The van der Waals surface area contributed by atoms with Crippen molar-refractivity contribution >= 4 is 11.6 Å². The summed E-state index contributed by atoms with van der Waals surface area (Å²) in [6, 6.07) is 5.48. The van der Waals surface area contributed by atoms with Crippen molar-refractivity contribution in [3.05, 3.63) is 34.7 Å². The second-order valence-corrected chi connectivity index (χ2v) is 5.09. The zero-order chi connectivity index (χ0) is 14.0. The van der Waals surface area contributed by atoms with Gasteiger partial charge >= 0.3 is 0 Å². The van der Waals surface area contributed by atoms with Gasteiger partial charge in [0.1, 0.15) is 11.6 Å². The Kier molecular flexibility index (Phi) is 4.12. The van der Waals surface area contributed by atoms with E-state index in [1.54, 1.807) is 13.2 Å². The van der Waals surface area contributed by atoms with Gasteiger partial charge in [0.15, 0.2) is 0 Å². The quantitative estimate of drug-likeness (QED) is 0.902. The van der Waals surface area contributed by atoms with E-state index in [2.05, 4.69) is 23.8 Å². The van der Waals surface area contributed by atoms with Crippen LogP contribution < -0.4 is 10.5 Å². The molecular weight excluding hydrogens is 262 g/mol. The van der Waals surface area contributed by atoms with E-state index in [0.717, 1.165) is 28.5 Å².